The Morgan fingerprint density at radius 2 is 2.35 bits per heavy atom. The topological polar surface area (TPSA) is 64.2 Å². The van der Waals surface area contributed by atoms with E-state index in [-0.39, 0.29) is 11.6 Å². The Kier molecular flexibility index (Phi) is 3.47. The van der Waals surface area contributed by atoms with E-state index in [9.17, 15) is 4.79 Å². The maximum Gasteiger partial charge on any atom is 0.293 e. The van der Waals surface area contributed by atoms with E-state index in [0.29, 0.717) is 18.3 Å². The van der Waals surface area contributed by atoms with Crippen molar-refractivity contribution in [3.05, 3.63) is 22.7 Å². The second-order valence-corrected chi connectivity index (χ2v) is 4.89. The molecule has 2 N–H and O–H groups in total. The molecule has 2 heterocycles. The zero-order valence-corrected chi connectivity index (χ0v) is 10.5. The predicted octanol–water partition coefficient (Wildman–Crippen LogP) is 0.609. The van der Waals surface area contributed by atoms with Gasteiger partial charge in [-0.05, 0) is 32.7 Å². The summed E-state index contributed by atoms with van der Waals surface area (Å²) in [5, 5.41) is 0. The number of nitrogens with zero attached hydrogens (tertiary/aromatic N) is 3. The highest BCUT2D eigenvalue weighted by molar-refractivity contribution is 5.37. The molecule has 1 fully saturated rings. The lowest BCUT2D eigenvalue weighted by atomic mass is 10.1. The highest BCUT2D eigenvalue weighted by Gasteiger charge is 2.24. The largest absolute Gasteiger partial charge is 0.352 e. The Morgan fingerprint density at radius 1 is 1.59 bits per heavy atom. The van der Waals surface area contributed by atoms with Gasteiger partial charge >= 0.3 is 0 Å². The van der Waals surface area contributed by atoms with Crippen LogP contribution in [0.25, 0.3) is 0 Å². The van der Waals surface area contributed by atoms with Gasteiger partial charge in [-0.3, -0.25) is 4.79 Å². The van der Waals surface area contributed by atoms with Crippen LogP contribution in [0.2, 0.25) is 0 Å². The van der Waals surface area contributed by atoms with Gasteiger partial charge in [0.15, 0.2) is 5.82 Å². The van der Waals surface area contributed by atoms with Crippen molar-refractivity contribution in [2.75, 3.05) is 24.5 Å². The van der Waals surface area contributed by atoms with Crippen LogP contribution >= 0.6 is 0 Å². The summed E-state index contributed by atoms with van der Waals surface area (Å²) in [6, 6.07) is 0.164. The van der Waals surface area contributed by atoms with Gasteiger partial charge in [-0.2, -0.15) is 0 Å². The first-order valence-electron chi connectivity index (χ1n) is 6.15. The predicted molar refractivity (Wildman–Crippen MR) is 68.3 cm³/mol. The first-order chi connectivity index (χ1) is 8.13. The smallest absolute Gasteiger partial charge is 0.293 e. The van der Waals surface area contributed by atoms with Crippen molar-refractivity contribution in [2.24, 2.45) is 11.7 Å². The zero-order valence-electron chi connectivity index (χ0n) is 10.5. The number of hydrogen-bond donors (Lipinski definition) is 1. The highest BCUT2D eigenvalue weighted by Crippen LogP contribution is 2.18. The van der Waals surface area contributed by atoms with Crippen LogP contribution in [-0.4, -0.2) is 29.2 Å². The van der Waals surface area contributed by atoms with Crippen molar-refractivity contribution in [3.63, 3.8) is 0 Å². The molecule has 1 aromatic rings. The molecule has 0 radical (unpaired) electrons. The van der Waals surface area contributed by atoms with Crippen LogP contribution in [0, 0.1) is 5.92 Å². The van der Waals surface area contributed by atoms with E-state index in [1.54, 1.807) is 17.0 Å². The van der Waals surface area contributed by atoms with E-state index >= 15 is 0 Å². The molecule has 0 saturated carbocycles. The maximum absolute atomic E-state index is 12.2. The minimum Gasteiger partial charge on any atom is -0.352 e. The first-order valence-corrected chi connectivity index (χ1v) is 6.15. The average Bonchev–Trinajstić information content (AvgIpc) is 2.77. The number of hydrogen-bond acceptors (Lipinski definition) is 4. The quantitative estimate of drug-likeness (QED) is 0.835. The summed E-state index contributed by atoms with van der Waals surface area (Å²) < 4.78 is 1.72. The van der Waals surface area contributed by atoms with Crippen molar-refractivity contribution in [1.82, 2.24) is 9.55 Å². The Hall–Kier alpha value is -1.36. The summed E-state index contributed by atoms with van der Waals surface area (Å²) >= 11 is 0. The van der Waals surface area contributed by atoms with E-state index < -0.39 is 0 Å². The van der Waals surface area contributed by atoms with E-state index in [2.05, 4.69) is 9.88 Å². The van der Waals surface area contributed by atoms with Crippen molar-refractivity contribution in [3.8, 4) is 0 Å². The van der Waals surface area contributed by atoms with Gasteiger partial charge < -0.3 is 15.2 Å². The minimum atomic E-state index is 0.000159. The lowest BCUT2D eigenvalue weighted by Crippen LogP contribution is -2.33. The highest BCUT2D eigenvalue weighted by atomic mass is 16.1. The van der Waals surface area contributed by atoms with Crippen LogP contribution in [-0.2, 0) is 0 Å². The summed E-state index contributed by atoms with van der Waals surface area (Å²) in [6.45, 7) is 6.41. The third kappa shape index (κ3) is 2.34. The molecule has 1 aliphatic rings. The number of anilines is 1. The van der Waals surface area contributed by atoms with Gasteiger partial charge in [0.1, 0.15) is 0 Å². The molecule has 1 unspecified atom stereocenters. The Bertz CT molecular complexity index is 440. The lowest BCUT2D eigenvalue weighted by Gasteiger charge is -2.18. The standard InChI is InChI=1S/C12H20N4O/c1-9(2)16-6-4-14-11(12(16)17)15-5-3-10(7-13)8-15/h4,6,9-10H,3,5,7-8,13H2,1-2H3. The third-order valence-corrected chi connectivity index (χ3v) is 3.32. The van der Waals surface area contributed by atoms with Gasteiger partial charge in [-0.25, -0.2) is 4.98 Å². The van der Waals surface area contributed by atoms with Crippen molar-refractivity contribution in [2.45, 2.75) is 26.3 Å². The fraction of sp³-hybridized carbons (Fsp3) is 0.667. The molecule has 0 spiro atoms. The third-order valence-electron chi connectivity index (χ3n) is 3.32. The van der Waals surface area contributed by atoms with Crippen LogP contribution in [0.1, 0.15) is 26.3 Å². The van der Waals surface area contributed by atoms with E-state index in [4.69, 9.17) is 5.73 Å². The molecular formula is C12H20N4O. The van der Waals surface area contributed by atoms with Crippen LogP contribution in [0.3, 0.4) is 0 Å². The molecule has 1 saturated heterocycles. The molecule has 0 amide bonds. The van der Waals surface area contributed by atoms with Crippen molar-refractivity contribution >= 4 is 5.82 Å². The van der Waals surface area contributed by atoms with E-state index in [1.165, 1.54) is 0 Å². The van der Waals surface area contributed by atoms with Crippen molar-refractivity contribution in [1.29, 1.82) is 0 Å². The summed E-state index contributed by atoms with van der Waals surface area (Å²) in [6.07, 6.45) is 4.49. The van der Waals surface area contributed by atoms with Crippen molar-refractivity contribution < 1.29 is 0 Å². The normalized spacial score (nSPS) is 20.2. The lowest BCUT2D eigenvalue weighted by molar-refractivity contribution is 0.570. The zero-order chi connectivity index (χ0) is 12.4. The average molecular weight is 236 g/mol. The van der Waals surface area contributed by atoms with Gasteiger partial charge in [0, 0.05) is 31.5 Å². The molecule has 5 nitrogen and oxygen atoms in total. The van der Waals surface area contributed by atoms with Gasteiger partial charge in [0.05, 0.1) is 0 Å². The molecule has 0 aromatic carbocycles. The molecular weight excluding hydrogens is 216 g/mol. The molecule has 94 valence electrons. The molecule has 1 atom stereocenters. The molecule has 0 aliphatic carbocycles. The SMILES string of the molecule is CC(C)n1ccnc(N2CCC(CN)C2)c1=O. The minimum absolute atomic E-state index is 0.000159. The molecule has 2 rings (SSSR count). The van der Waals surface area contributed by atoms with E-state index in [1.807, 2.05) is 13.8 Å². The summed E-state index contributed by atoms with van der Waals surface area (Å²) in [7, 11) is 0. The Balaban J connectivity index is 2.28. The fourth-order valence-electron chi connectivity index (χ4n) is 2.26. The van der Waals surface area contributed by atoms with Crippen LogP contribution < -0.4 is 16.2 Å². The Labute approximate surface area is 101 Å². The van der Waals surface area contributed by atoms with Gasteiger partial charge in [0.2, 0.25) is 0 Å². The molecule has 1 aromatic heterocycles. The second kappa shape index (κ2) is 4.87. The van der Waals surface area contributed by atoms with Gasteiger partial charge in [0.25, 0.3) is 5.56 Å². The van der Waals surface area contributed by atoms with E-state index in [0.717, 1.165) is 19.5 Å². The molecule has 5 heteroatoms. The molecule has 1 aliphatic heterocycles. The van der Waals surface area contributed by atoms with Crippen LogP contribution in [0.5, 0.6) is 0 Å². The van der Waals surface area contributed by atoms with Gasteiger partial charge in [-0.15, -0.1) is 0 Å². The Morgan fingerprint density at radius 3 is 2.94 bits per heavy atom. The summed E-state index contributed by atoms with van der Waals surface area (Å²) in [4.78, 5) is 18.5. The number of rotatable bonds is 3. The first kappa shape index (κ1) is 12.1. The second-order valence-electron chi connectivity index (χ2n) is 4.89. The van der Waals surface area contributed by atoms with Gasteiger partial charge in [-0.1, -0.05) is 0 Å². The van der Waals surface area contributed by atoms with Crippen LogP contribution in [0.15, 0.2) is 17.2 Å². The van der Waals surface area contributed by atoms with Crippen LogP contribution in [0.4, 0.5) is 5.82 Å². The fourth-order valence-corrected chi connectivity index (χ4v) is 2.26. The summed E-state index contributed by atoms with van der Waals surface area (Å²) in [5.41, 5.74) is 5.66. The molecule has 17 heavy (non-hydrogen) atoms. The maximum atomic E-state index is 12.2. The summed E-state index contributed by atoms with van der Waals surface area (Å²) in [5.74, 6) is 1.06. The number of nitrogens with two attached hydrogens (primary N) is 1. The molecule has 0 bridgehead atoms. The monoisotopic (exact) mass is 236 g/mol. The number of aromatic nitrogens is 2.